The molecule has 96 valence electrons. The number of benzene rings is 1. The fraction of sp³-hybridized carbons (Fsp3) is 0.500. The summed E-state index contributed by atoms with van der Waals surface area (Å²) in [6.07, 6.45) is 2.19. The van der Waals surface area contributed by atoms with E-state index in [2.05, 4.69) is 75.2 Å². The molecule has 0 saturated heterocycles. The minimum Gasteiger partial charge on any atom is -0.181 e. The van der Waals surface area contributed by atoms with Gasteiger partial charge in [0.1, 0.15) is 0 Å². The lowest BCUT2D eigenvalue weighted by Crippen LogP contribution is -2.18. The van der Waals surface area contributed by atoms with Gasteiger partial charge in [-0.25, -0.2) is 0 Å². The molecule has 0 aromatic heterocycles. The molecule has 0 spiro atoms. The first kappa shape index (κ1) is 13.0. The second-order valence-corrected chi connectivity index (χ2v) is 6.18. The van der Waals surface area contributed by atoms with Crippen molar-refractivity contribution in [2.24, 2.45) is 21.6 Å². The second kappa shape index (κ2) is 4.68. The monoisotopic (exact) mass is 242 g/mol. The summed E-state index contributed by atoms with van der Waals surface area (Å²) in [6, 6.07) is 8.57. The Kier molecular flexibility index (Phi) is 3.38. The van der Waals surface area contributed by atoms with Gasteiger partial charge in [-0.2, -0.15) is 10.2 Å². The summed E-state index contributed by atoms with van der Waals surface area (Å²) in [6.45, 7) is 11.1. The summed E-state index contributed by atoms with van der Waals surface area (Å²) in [7, 11) is 0. The van der Waals surface area contributed by atoms with Crippen molar-refractivity contribution in [3.05, 3.63) is 41.1 Å². The molecule has 0 amide bonds. The number of hydrogen-bond donors (Lipinski definition) is 0. The Hall–Kier alpha value is -1.44. The third kappa shape index (κ3) is 2.53. The van der Waals surface area contributed by atoms with E-state index in [0.29, 0.717) is 5.92 Å². The maximum atomic E-state index is 4.47. The van der Waals surface area contributed by atoms with Crippen LogP contribution in [-0.2, 0) is 0 Å². The zero-order valence-electron chi connectivity index (χ0n) is 11.9. The van der Waals surface area contributed by atoms with Crippen LogP contribution in [0.5, 0.6) is 0 Å². The van der Waals surface area contributed by atoms with Gasteiger partial charge in [0.2, 0.25) is 0 Å². The van der Waals surface area contributed by atoms with Crippen LogP contribution in [0, 0.1) is 11.3 Å². The lowest BCUT2D eigenvalue weighted by Gasteiger charge is -2.26. The van der Waals surface area contributed by atoms with Crippen molar-refractivity contribution < 1.29 is 0 Å². The predicted molar refractivity (Wildman–Crippen MR) is 76.3 cm³/mol. The summed E-state index contributed by atoms with van der Waals surface area (Å²) in [4.78, 5) is 0. The molecule has 0 aliphatic carbocycles. The molecule has 2 atom stereocenters. The van der Waals surface area contributed by atoms with Crippen LogP contribution in [0.3, 0.4) is 0 Å². The van der Waals surface area contributed by atoms with Crippen molar-refractivity contribution in [1.82, 2.24) is 0 Å². The molecule has 1 aliphatic heterocycles. The van der Waals surface area contributed by atoms with Crippen LogP contribution in [0.25, 0.3) is 6.08 Å². The van der Waals surface area contributed by atoms with Crippen molar-refractivity contribution in [1.29, 1.82) is 0 Å². The highest BCUT2D eigenvalue weighted by atomic mass is 15.1. The average molecular weight is 242 g/mol. The molecular weight excluding hydrogens is 220 g/mol. The van der Waals surface area contributed by atoms with Crippen molar-refractivity contribution in [3.63, 3.8) is 0 Å². The van der Waals surface area contributed by atoms with Crippen LogP contribution < -0.4 is 0 Å². The molecular formula is C16H22N2. The fourth-order valence-corrected chi connectivity index (χ4v) is 2.08. The lowest BCUT2D eigenvalue weighted by molar-refractivity contribution is 0.298. The topological polar surface area (TPSA) is 24.7 Å². The van der Waals surface area contributed by atoms with E-state index in [1.807, 2.05) is 0 Å². The van der Waals surface area contributed by atoms with E-state index in [1.165, 1.54) is 11.1 Å². The Morgan fingerprint density at radius 2 is 1.83 bits per heavy atom. The van der Waals surface area contributed by atoms with Gasteiger partial charge >= 0.3 is 0 Å². The summed E-state index contributed by atoms with van der Waals surface area (Å²) in [5.41, 5.74) is 3.80. The molecule has 0 N–H and O–H groups in total. The predicted octanol–water partition coefficient (Wildman–Crippen LogP) is 5.24. The Morgan fingerprint density at radius 1 is 1.17 bits per heavy atom. The molecule has 1 aromatic carbocycles. The molecule has 1 aromatic rings. The third-order valence-corrected chi connectivity index (χ3v) is 3.84. The van der Waals surface area contributed by atoms with Crippen LogP contribution in [0.2, 0.25) is 0 Å². The molecule has 1 heterocycles. The molecule has 2 nitrogen and oxygen atoms in total. The van der Waals surface area contributed by atoms with E-state index >= 15 is 0 Å². The maximum absolute atomic E-state index is 4.47. The van der Waals surface area contributed by atoms with E-state index in [-0.39, 0.29) is 11.5 Å². The van der Waals surface area contributed by atoms with Crippen molar-refractivity contribution in [2.75, 3.05) is 0 Å². The minimum absolute atomic E-state index is 0.141. The van der Waals surface area contributed by atoms with Gasteiger partial charge in [0, 0.05) is 5.92 Å². The van der Waals surface area contributed by atoms with Crippen LogP contribution in [0.15, 0.2) is 40.2 Å². The Labute approximate surface area is 110 Å². The fourth-order valence-electron chi connectivity index (χ4n) is 2.08. The van der Waals surface area contributed by atoms with Gasteiger partial charge < -0.3 is 0 Å². The van der Waals surface area contributed by atoms with Crippen molar-refractivity contribution >= 4 is 6.08 Å². The Balaban J connectivity index is 2.46. The summed E-state index contributed by atoms with van der Waals surface area (Å²) >= 11 is 0. The van der Waals surface area contributed by atoms with Gasteiger partial charge in [-0.05, 0) is 29.5 Å². The molecule has 0 radical (unpaired) electrons. The van der Waals surface area contributed by atoms with E-state index in [9.17, 15) is 0 Å². The van der Waals surface area contributed by atoms with Gasteiger partial charge in [0.25, 0.3) is 0 Å². The first-order valence-electron chi connectivity index (χ1n) is 6.61. The SMILES string of the molecule is C[C@H]1N=NC([C@H](C)C(C)(C)C)=Cc2ccccc21. The molecule has 18 heavy (non-hydrogen) atoms. The number of allylic oxidation sites excluding steroid dienone is 1. The standard InChI is InChI=1S/C16H22N2/c1-11(16(3,4)5)15-10-13-8-6-7-9-14(13)12(2)17-18-15/h6-12H,1-5H3/t11-,12+/m0/s1. The molecule has 2 heteroatoms. The second-order valence-electron chi connectivity index (χ2n) is 6.18. The number of nitrogens with zero attached hydrogens (tertiary/aromatic N) is 2. The van der Waals surface area contributed by atoms with Gasteiger partial charge in [0.15, 0.2) is 0 Å². The average Bonchev–Trinajstić information content (AvgIpc) is 2.47. The largest absolute Gasteiger partial charge is 0.181 e. The van der Waals surface area contributed by atoms with E-state index < -0.39 is 0 Å². The summed E-state index contributed by atoms with van der Waals surface area (Å²) in [5.74, 6) is 0.389. The summed E-state index contributed by atoms with van der Waals surface area (Å²) in [5, 5.41) is 8.91. The molecule has 0 fully saturated rings. The van der Waals surface area contributed by atoms with E-state index in [1.54, 1.807) is 0 Å². The van der Waals surface area contributed by atoms with Gasteiger partial charge in [-0.1, -0.05) is 52.0 Å². The number of hydrogen-bond acceptors (Lipinski definition) is 2. The molecule has 0 unspecified atom stereocenters. The highest BCUT2D eigenvalue weighted by molar-refractivity contribution is 5.58. The van der Waals surface area contributed by atoms with Crippen LogP contribution in [-0.4, -0.2) is 0 Å². The first-order valence-corrected chi connectivity index (χ1v) is 6.61. The molecule has 2 rings (SSSR count). The number of azo groups is 1. The normalized spacial score (nSPS) is 20.9. The van der Waals surface area contributed by atoms with E-state index in [4.69, 9.17) is 0 Å². The van der Waals surface area contributed by atoms with Gasteiger partial charge in [-0.15, -0.1) is 0 Å². The molecule has 0 bridgehead atoms. The van der Waals surface area contributed by atoms with Crippen LogP contribution >= 0.6 is 0 Å². The lowest BCUT2D eigenvalue weighted by atomic mass is 9.79. The van der Waals surface area contributed by atoms with Gasteiger partial charge in [-0.3, -0.25) is 0 Å². The first-order chi connectivity index (χ1) is 8.39. The molecule has 1 aliphatic rings. The smallest absolute Gasteiger partial charge is 0.0939 e. The summed E-state index contributed by atoms with van der Waals surface area (Å²) < 4.78 is 0. The van der Waals surface area contributed by atoms with Crippen molar-refractivity contribution in [3.8, 4) is 0 Å². The zero-order valence-corrected chi connectivity index (χ0v) is 11.9. The third-order valence-electron chi connectivity index (χ3n) is 3.84. The quantitative estimate of drug-likeness (QED) is 0.643. The van der Waals surface area contributed by atoms with Crippen molar-refractivity contribution in [2.45, 2.75) is 40.7 Å². The Bertz CT molecular complexity index is 492. The van der Waals surface area contributed by atoms with Crippen LogP contribution in [0.4, 0.5) is 0 Å². The minimum atomic E-state index is 0.141. The maximum Gasteiger partial charge on any atom is 0.0939 e. The Morgan fingerprint density at radius 3 is 2.50 bits per heavy atom. The molecule has 0 saturated carbocycles. The highest BCUT2D eigenvalue weighted by Gasteiger charge is 2.25. The number of rotatable bonds is 1. The highest BCUT2D eigenvalue weighted by Crippen LogP contribution is 2.36. The van der Waals surface area contributed by atoms with Gasteiger partial charge in [0.05, 0.1) is 11.7 Å². The number of fused-ring (bicyclic) bond motifs is 1. The van der Waals surface area contributed by atoms with Crippen LogP contribution in [0.1, 0.15) is 51.8 Å². The van der Waals surface area contributed by atoms with E-state index in [0.717, 1.165) is 5.70 Å². The zero-order chi connectivity index (χ0) is 13.3.